The Morgan fingerprint density at radius 2 is 1.52 bits per heavy atom. The van der Waals surface area contributed by atoms with E-state index in [0.29, 0.717) is 27.9 Å². The average molecular weight is 703 g/mol. The van der Waals surface area contributed by atoms with Crippen molar-refractivity contribution in [2.24, 2.45) is 0 Å². The second-order valence-electron chi connectivity index (χ2n) is 10.5. The third-order valence-corrected chi connectivity index (χ3v) is 10.1. The van der Waals surface area contributed by atoms with Crippen LogP contribution in [0, 0.1) is 6.92 Å². The molecule has 0 saturated carbocycles. The molecule has 4 aromatic rings. The predicted octanol–water partition coefficient (Wildman–Crippen LogP) is 6.94. The van der Waals surface area contributed by atoms with Gasteiger partial charge >= 0.3 is 0 Å². The number of rotatable bonds is 13. The van der Waals surface area contributed by atoms with Crippen LogP contribution in [0.1, 0.15) is 23.6 Å². The zero-order chi connectivity index (χ0) is 33.4. The molecule has 4 rings (SSSR count). The lowest BCUT2D eigenvalue weighted by Crippen LogP contribution is -2.53. The zero-order valence-electron chi connectivity index (χ0n) is 25.5. The van der Waals surface area contributed by atoms with Gasteiger partial charge in [0, 0.05) is 35.1 Å². The van der Waals surface area contributed by atoms with E-state index in [1.54, 1.807) is 37.3 Å². The number of anilines is 1. The molecule has 8 nitrogen and oxygen atoms in total. The Labute approximate surface area is 284 Å². The van der Waals surface area contributed by atoms with Crippen LogP contribution in [0.3, 0.4) is 0 Å². The molecular weight excluding hydrogens is 669 g/mol. The smallest absolute Gasteiger partial charge is 0.264 e. The van der Waals surface area contributed by atoms with Gasteiger partial charge in [-0.05, 0) is 61.9 Å². The number of carbonyl (C=O) groups excluding carboxylic acids is 2. The number of methoxy groups -OCH3 is 1. The summed E-state index contributed by atoms with van der Waals surface area (Å²) in [6.07, 6.45) is 0.152. The summed E-state index contributed by atoms with van der Waals surface area (Å²) in [4.78, 5) is 29.5. The number of likely N-dealkylation sites (N-methyl/N-ethyl adjacent to an activating group) is 1. The molecule has 242 valence electrons. The summed E-state index contributed by atoms with van der Waals surface area (Å²) in [7, 11) is -2.86. The molecule has 4 aromatic carbocycles. The Morgan fingerprint density at radius 3 is 2.11 bits per heavy atom. The molecule has 0 heterocycles. The molecule has 1 atom stereocenters. The molecule has 0 unspecified atom stereocenters. The minimum Gasteiger partial charge on any atom is -0.495 e. The molecular formula is C34H34Cl3N3O5S. The number of hydrogen-bond donors (Lipinski definition) is 1. The normalized spacial score (nSPS) is 11.9. The zero-order valence-corrected chi connectivity index (χ0v) is 28.6. The van der Waals surface area contributed by atoms with Crippen molar-refractivity contribution in [1.29, 1.82) is 0 Å². The topological polar surface area (TPSA) is 96.0 Å². The summed E-state index contributed by atoms with van der Waals surface area (Å²) >= 11 is 19.5. The van der Waals surface area contributed by atoms with Gasteiger partial charge in [0.1, 0.15) is 18.3 Å². The number of aryl methyl sites for hydroxylation is 1. The van der Waals surface area contributed by atoms with Crippen LogP contribution in [0.4, 0.5) is 5.69 Å². The van der Waals surface area contributed by atoms with Crippen LogP contribution in [0.5, 0.6) is 5.75 Å². The first-order valence-electron chi connectivity index (χ1n) is 14.4. The second kappa shape index (κ2) is 15.7. The Balaban J connectivity index is 1.85. The van der Waals surface area contributed by atoms with Crippen LogP contribution in [0.15, 0.2) is 95.9 Å². The summed E-state index contributed by atoms with van der Waals surface area (Å²) in [5.74, 6) is -0.743. The first kappa shape index (κ1) is 35.1. The molecule has 0 fully saturated rings. The number of hydrogen-bond acceptors (Lipinski definition) is 5. The number of nitrogens with zero attached hydrogens (tertiary/aromatic N) is 2. The van der Waals surface area contributed by atoms with Crippen LogP contribution < -0.4 is 14.4 Å². The molecule has 12 heteroatoms. The first-order valence-corrected chi connectivity index (χ1v) is 17.0. The van der Waals surface area contributed by atoms with E-state index >= 15 is 0 Å². The van der Waals surface area contributed by atoms with Crippen molar-refractivity contribution in [2.75, 3.05) is 24.5 Å². The number of ether oxygens (including phenoxy) is 1. The van der Waals surface area contributed by atoms with Gasteiger partial charge in [-0.3, -0.25) is 13.9 Å². The molecule has 0 aliphatic heterocycles. The van der Waals surface area contributed by atoms with E-state index in [1.807, 2.05) is 37.3 Å². The fraction of sp³-hybridized carbons (Fsp3) is 0.235. The van der Waals surface area contributed by atoms with E-state index in [1.165, 1.54) is 42.3 Å². The van der Waals surface area contributed by atoms with E-state index in [-0.39, 0.29) is 28.6 Å². The van der Waals surface area contributed by atoms with Crippen LogP contribution in [-0.4, -0.2) is 51.4 Å². The molecule has 0 aliphatic carbocycles. The van der Waals surface area contributed by atoms with Crippen molar-refractivity contribution in [3.63, 3.8) is 0 Å². The third kappa shape index (κ3) is 8.33. The van der Waals surface area contributed by atoms with Crippen molar-refractivity contribution < 1.29 is 22.7 Å². The minimum atomic E-state index is -4.31. The molecule has 46 heavy (non-hydrogen) atoms. The molecule has 0 aliphatic rings. The maximum Gasteiger partial charge on any atom is 0.264 e. The number of nitrogens with one attached hydrogen (secondary N) is 1. The summed E-state index contributed by atoms with van der Waals surface area (Å²) in [6.45, 7) is 3.11. The van der Waals surface area contributed by atoms with Crippen LogP contribution in [-0.2, 0) is 32.6 Å². The molecule has 2 amide bonds. The lowest BCUT2D eigenvalue weighted by Gasteiger charge is -2.34. The fourth-order valence-electron chi connectivity index (χ4n) is 4.88. The van der Waals surface area contributed by atoms with Crippen LogP contribution in [0.2, 0.25) is 15.1 Å². The monoisotopic (exact) mass is 701 g/mol. The number of halogens is 3. The van der Waals surface area contributed by atoms with E-state index in [4.69, 9.17) is 39.5 Å². The van der Waals surface area contributed by atoms with Crippen molar-refractivity contribution in [1.82, 2.24) is 10.2 Å². The van der Waals surface area contributed by atoms with Crippen molar-refractivity contribution in [2.45, 2.75) is 37.8 Å². The maximum atomic E-state index is 14.5. The Kier molecular flexibility index (Phi) is 12.0. The highest BCUT2D eigenvalue weighted by atomic mass is 35.5. The minimum absolute atomic E-state index is 0.0249. The average Bonchev–Trinajstić information content (AvgIpc) is 3.03. The van der Waals surface area contributed by atoms with E-state index in [0.717, 1.165) is 15.4 Å². The van der Waals surface area contributed by atoms with Gasteiger partial charge < -0.3 is 15.0 Å². The highest BCUT2D eigenvalue weighted by Gasteiger charge is 2.35. The third-order valence-electron chi connectivity index (χ3n) is 7.32. The van der Waals surface area contributed by atoms with E-state index in [2.05, 4.69) is 5.32 Å². The van der Waals surface area contributed by atoms with Gasteiger partial charge in [0.05, 0.1) is 22.7 Å². The molecule has 0 bridgehead atoms. The summed E-state index contributed by atoms with van der Waals surface area (Å²) in [6, 6.07) is 23.9. The Morgan fingerprint density at radius 1 is 0.870 bits per heavy atom. The van der Waals surface area contributed by atoms with Gasteiger partial charge in [-0.1, -0.05) is 88.9 Å². The van der Waals surface area contributed by atoms with Gasteiger partial charge in [-0.15, -0.1) is 0 Å². The maximum absolute atomic E-state index is 14.5. The van der Waals surface area contributed by atoms with Gasteiger partial charge in [0.2, 0.25) is 11.8 Å². The molecule has 0 aromatic heterocycles. The highest BCUT2D eigenvalue weighted by Crippen LogP contribution is 2.33. The number of benzene rings is 4. The molecule has 0 radical (unpaired) electrons. The Bertz CT molecular complexity index is 1770. The van der Waals surface area contributed by atoms with Gasteiger partial charge in [-0.2, -0.15) is 0 Å². The number of amides is 2. The number of carbonyl (C=O) groups is 2. The predicted molar refractivity (Wildman–Crippen MR) is 183 cm³/mol. The Hall–Kier alpha value is -3.76. The first-order chi connectivity index (χ1) is 22.0. The number of sulfonamides is 1. The van der Waals surface area contributed by atoms with Crippen molar-refractivity contribution in [3.8, 4) is 5.75 Å². The van der Waals surface area contributed by atoms with Crippen molar-refractivity contribution >= 4 is 62.3 Å². The summed E-state index contributed by atoms with van der Waals surface area (Å²) < 4.78 is 34.6. The lowest BCUT2D eigenvalue weighted by molar-refractivity contribution is -0.140. The standard InChI is InChI=1S/C34H34Cl3N3O5S/c1-4-38-34(42)31(19-24-9-6-5-7-10-24)39(21-27-28(35)11-8-12-29(27)36)33(41)22-40(25-15-18-32(45-3)30(37)20-25)46(43,44)26-16-13-23(2)14-17-26/h5-18,20,31H,4,19,21-22H2,1-3H3,(H,38,42)/t31-/m0/s1. The molecule has 0 spiro atoms. The highest BCUT2D eigenvalue weighted by molar-refractivity contribution is 7.92. The van der Waals surface area contributed by atoms with Gasteiger partial charge in [-0.25, -0.2) is 8.42 Å². The van der Waals surface area contributed by atoms with E-state index in [9.17, 15) is 18.0 Å². The largest absolute Gasteiger partial charge is 0.495 e. The quantitative estimate of drug-likeness (QED) is 0.163. The van der Waals surface area contributed by atoms with Crippen LogP contribution in [0.25, 0.3) is 0 Å². The van der Waals surface area contributed by atoms with Gasteiger partial charge in [0.25, 0.3) is 10.0 Å². The van der Waals surface area contributed by atoms with Crippen molar-refractivity contribution in [3.05, 3.63) is 123 Å². The van der Waals surface area contributed by atoms with Crippen LogP contribution >= 0.6 is 34.8 Å². The lowest BCUT2D eigenvalue weighted by atomic mass is 10.0. The van der Waals surface area contributed by atoms with Gasteiger partial charge in [0.15, 0.2) is 0 Å². The van der Waals surface area contributed by atoms with E-state index < -0.39 is 34.4 Å². The fourth-order valence-corrected chi connectivity index (χ4v) is 7.05. The molecule has 1 N–H and O–H groups in total. The second-order valence-corrected chi connectivity index (χ2v) is 13.5. The summed E-state index contributed by atoms with van der Waals surface area (Å²) in [5, 5.41) is 3.57. The SMILES string of the molecule is CCNC(=O)[C@H](Cc1ccccc1)N(Cc1c(Cl)cccc1Cl)C(=O)CN(c1ccc(OC)c(Cl)c1)S(=O)(=O)c1ccc(C)cc1. The molecule has 0 saturated heterocycles. The summed E-state index contributed by atoms with van der Waals surface area (Å²) in [5.41, 5.74) is 2.21.